The van der Waals surface area contributed by atoms with Gasteiger partial charge in [-0.2, -0.15) is 0 Å². The molecule has 0 saturated heterocycles. The van der Waals surface area contributed by atoms with Crippen LogP contribution in [-0.2, 0) is 0 Å². The molecule has 3 heteroatoms. The van der Waals surface area contributed by atoms with Gasteiger partial charge in [0.15, 0.2) is 0 Å². The molecule has 0 bridgehead atoms. The molecule has 2 heterocycles. The van der Waals surface area contributed by atoms with Crippen molar-refractivity contribution in [3.63, 3.8) is 0 Å². The monoisotopic (exact) mass is 539 g/mol. The summed E-state index contributed by atoms with van der Waals surface area (Å²) in [6.45, 7) is 7.10. The number of hydrogen-bond donors (Lipinski definition) is 1. The van der Waals surface area contributed by atoms with Crippen molar-refractivity contribution in [2.45, 2.75) is 72.6 Å². The Bertz CT molecular complexity index is 1100. The summed E-state index contributed by atoms with van der Waals surface area (Å²) in [6, 6.07) is 20.5. The third-order valence-corrected chi connectivity index (χ3v) is 26.4. The van der Waals surface area contributed by atoms with E-state index in [1.807, 2.05) is 2.89 Å². The molecule has 0 saturated carbocycles. The zero-order valence-electron chi connectivity index (χ0n) is 19.5. The van der Waals surface area contributed by atoms with E-state index in [2.05, 4.69) is 91.7 Å². The van der Waals surface area contributed by atoms with Gasteiger partial charge in [-0.1, -0.05) is 0 Å². The van der Waals surface area contributed by atoms with E-state index < -0.39 is 18.4 Å². The summed E-state index contributed by atoms with van der Waals surface area (Å²) in [4.78, 5) is 5.18. The second-order valence-electron chi connectivity index (χ2n) is 9.15. The summed E-state index contributed by atoms with van der Waals surface area (Å²) in [7, 11) is 0. The number of thiophene rings is 1. The van der Waals surface area contributed by atoms with E-state index in [0.717, 1.165) is 0 Å². The van der Waals surface area contributed by atoms with Gasteiger partial charge in [0, 0.05) is 0 Å². The fourth-order valence-electron chi connectivity index (χ4n) is 5.14. The second kappa shape index (κ2) is 10.6. The molecule has 1 nitrogen and oxygen atoms in total. The Balaban J connectivity index is 1.77. The summed E-state index contributed by atoms with van der Waals surface area (Å²) in [6.07, 6.45) is 8.29. The minimum absolute atomic E-state index is 1.24. The molecule has 0 fully saturated rings. The molecule has 0 unspecified atom stereocenters. The molecule has 1 N–H and O–H groups in total. The van der Waals surface area contributed by atoms with Gasteiger partial charge in [-0.15, -0.1) is 0 Å². The van der Waals surface area contributed by atoms with Crippen molar-refractivity contribution in [3.05, 3.63) is 54.6 Å². The molecule has 164 valence electrons. The molecular formula is C28H37NSSn. The first-order valence-corrected chi connectivity index (χ1v) is 20.6. The van der Waals surface area contributed by atoms with Crippen molar-refractivity contribution in [3.8, 4) is 10.4 Å². The summed E-state index contributed by atoms with van der Waals surface area (Å²) < 4.78 is 6.46. The van der Waals surface area contributed by atoms with E-state index in [1.165, 1.54) is 70.8 Å². The van der Waals surface area contributed by atoms with Crippen molar-refractivity contribution in [1.82, 2.24) is 4.98 Å². The van der Waals surface area contributed by atoms with Crippen molar-refractivity contribution < 1.29 is 0 Å². The number of unbranched alkanes of at least 4 members (excludes halogenated alkanes) is 3. The molecule has 31 heavy (non-hydrogen) atoms. The molecule has 0 aliphatic heterocycles. The first kappa shape index (κ1) is 22.9. The molecule has 0 spiro atoms. The van der Waals surface area contributed by atoms with E-state index in [-0.39, 0.29) is 0 Å². The van der Waals surface area contributed by atoms with Crippen molar-refractivity contribution in [1.29, 1.82) is 0 Å². The first-order valence-electron chi connectivity index (χ1n) is 12.3. The zero-order valence-corrected chi connectivity index (χ0v) is 23.1. The average molecular weight is 538 g/mol. The van der Waals surface area contributed by atoms with Gasteiger partial charge in [0.05, 0.1) is 0 Å². The maximum atomic E-state index is 3.72. The first-order chi connectivity index (χ1) is 15.2. The minimum atomic E-state index is -2.36. The standard InChI is InChI=1S/C16H10NS.3C4H9.Sn/c1-2-8-14-11(5-1)12-6-3-7-13(16(12)17-14)15-9-4-10-18-15;3*1-3-4-2;/h1-9,17H;3*1,3-4H2,2H3;. The Hall–Kier alpha value is -1.26. The SMILES string of the molecule is CCC[CH2][Sn]([CH2]CCC)([CH2]CCC)[c]1ccc(-c2cccc3c2[nH]c2ccccc23)s1. The molecular weight excluding hydrogens is 501 g/mol. The van der Waals surface area contributed by atoms with Crippen LogP contribution in [0.2, 0.25) is 13.3 Å². The summed E-state index contributed by atoms with van der Waals surface area (Å²) in [5.74, 6) is 0. The number of benzene rings is 2. The van der Waals surface area contributed by atoms with Crippen LogP contribution in [0, 0.1) is 0 Å². The van der Waals surface area contributed by atoms with Gasteiger partial charge >= 0.3 is 197 Å². The normalized spacial score (nSPS) is 12.2. The van der Waals surface area contributed by atoms with Crippen LogP contribution in [-0.4, -0.2) is 23.4 Å². The number of fused-ring (bicyclic) bond motifs is 3. The van der Waals surface area contributed by atoms with Crippen molar-refractivity contribution in [2.75, 3.05) is 0 Å². The number of aromatic nitrogens is 1. The van der Waals surface area contributed by atoms with Gasteiger partial charge in [0.25, 0.3) is 0 Å². The van der Waals surface area contributed by atoms with Gasteiger partial charge in [0.2, 0.25) is 0 Å². The summed E-state index contributed by atoms with van der Waals surface area (Å²) >= 11 is -0.216. The number of para-hydroxylation sites is 2. The number of H-pyrrole nitrogens is 1. The maximum absolute atomic E-state index is 3.72. The molecule has 0 amide bonds. The Morgan fingerprint density at radius 1 is 0.710 bits per heavy atom. The van der Waals surface area contributed by atoms with Crippen LogP contribution in [0.3, 0.4) is 0 Å². The van der Waals surface area contributed by atoms with Crippen molar-refractivity contribution >= 4 is 54.4 Å². The van der Waals surface area contributed by atoms with E-state index in [4.69, 9.17) is 0 Å². The molecule has 0 radical (unpaired) electrons. The molecule has 0 aliphatic rings. The van der Waals surface area contributed by atoms with Crippen LogP contribution in [0.4, 0.5) is 0 Å². The Morgan fingerprint density at radius 2 is 1.35 bits per heavy atom. The van der Waals surface area contributed by atoms with Gasteiger partial charge in [-0.3, -0.25) is 0 Å². The number of hydrogen-bond acceptors (Lipinski definition) is 1. The predicted octanol–water partition coefficient (Wildman–Crippen LogP) is 9.11. The van der Waals surface area contributed by atoms with Crippen LogP contribution < -0.4 is 2.89 Å². The Kier molecular flexibility index (Phi) is 7.81. The fourth-order valence-corrected chi connectivity index (χ4v) is 25.3. The second-order valence-corrected chi connectivity index (χ2v) is 24.4. The van der Waals surface area contributed by atoms with E-state index in [9.17, 15) is 0 Å². The molecule has 0 atom stereocenters. The van der Waals surface area contributed by atoms with E-state index >= 15 is 0 Å². The third kappa shape index (κ3) is 4.75. The Labute approximate surface area is 196 Å². The predicted molar refractivity (Wildman–Crippen MR) is 144 cm³/mol. The van der Waals surface area contributed by atoms with Crippen LogP contribution in [0.25, 0.3) is 32.2 Å². The number of aromatic amines is 1. The topological polar surface area (TPSA) is 15.8 Å². The summed E-state index contributed by atoms with van der Waals surface area (Å²) in [5, 5.41) is 2.68. The molecule has 4 rings (SSSR count). The van der Waals surface area contributed by atoms with E-state index in [0.29, 0.717) is 0 Å². The van der Waals surface area contributed by atoms with Gasteiger partial charge < -0.3 is 0 Å². The van der Waals surface area contributed by atoms with Crippen LogP contribution in [0.1, 0.15) is 59.3 Å². The number of nitrogens with one attached hydrogen (secondary N) is 1. The molecule has 4 aromatic rings. The van der Waals surface area contributed by atoms with Crippen LogP contribution >= 0.6 is 11.3 Å². The fraction of sp³-hybridized carbons (Fsp3) is 0.429. The number of rotatable bonds is 11. The van der Waals surface area contributed by atoms with Crippen molar-refractivity contribution in [2.24, 2.45) is 0 Å². The third-order valence-electron chi connectivity index (χ3n) is 6.96. The zero-order chi connectivity index (χ0) is 21.7. The van der Waals surface area contributed by atoms with Crippen LogP contribution in [0.5, 0.6) is 0 Å². The quantitative estimate of drug-likeness (QED) is 0.183. The summed E-state index contributed by atoms with van der Waals surface area (Å²) in [5.41, 5.74) is 3.92. The molecule has 2 aromatic carbocycles. The Morgan fingerprint density at radius 3 is 2.03 bits per heavy atom. The van der Waals surface area contributed by atoms with E-state index in [1.54, 1.807) is 13.3 Å². The molecule has 0 aliphatic carbocycles. The van der Waals surface area contributed by atoms with Gasteiger partial charge in [0.1, 0.15) is 0 Å². The molecule has 2 aromatic heterocycles. The average Bonchev–Trinajstić information content (AvgIpc) is 3.44. The van der Waals surface area contributed by atoms with Crippen LogP contribution in [0.15, 0.2) is 54.6 Å². The van der Waals surface area contributed by atoms with Gasteiger partial charge in [-0.25, -0.2) is 0 Å². The van der Waals surface area contributed by atoms with Gasteiger partial charge in [-0.05, 0) is 0 Å².